The van der Waals surface area contributed by atoms with E-state index in [1.165, 1.54) is 5.56 Å². The lowest BCUT2D eigenvalue weighted by molar-refractivity contribution is -0.111. The molecule has 3 aromatic carbocycles. The van der Waals surface area contributed by atoms with Gasteiger partial charge in [0.1, 0.15) is 11.3 Å². The molecule has 0 radical (unpaired) electrons. The normalized spacial score (nSPS) is 11.6. The zero-order chi connectivity index (χ0) is 22.8. The smallest absolute Gasteiger partial charge is 0.248 e. The lowest BCUT2D eigenvalue weighted by Gasteiger charge is -2.13. The molecule has 0 aliphatic rings. The van der Waals surface area contributed by atoms with Crippen molar-refractivity contribution in [3.63, 3.8) is 0 Å². The number of hydrogen-bond acceptors (Lipinski definition) is 3. The van der Waals surface area contributed by atoms with Crippen molar-refractivity contribution in [1.82, 2.24) is 0 Å². The quantitative estimate of drug-likeness (QED) is 0.294. The standard InChI is InChI=1S/C27H24BrNO3/c1-16-8-10-19(11-9-16)24-15-32-27-18(3)26(31-4)22(14-23(24)27)17(2)12-25(30)29-21-7-5-6-20(28)13-21/h5-15H,1-4H3,(H,29,30)/b17-12+. The van der Waals surface area contributed by atoms with Crippen LogP contribution >= 0.6 is 15.9 Å². The fraction of sp³-hybridized carbons (Fsp3) is 0.148. The number of halogens is 1. The van der Waals surface area contributed by atoms with Crippen LogP contribution in [0.2, 0.25) is 0 Å². The highest BCUT2D eigenvalue weighted by Crippen LogP contribution is 2.40. The van der Waals surface area contributed by atoms with Gasteiger partial charge in [-0.05, 0) is 56.2 Å². The first-order chi connectivity index (χ1) is 15.4. The topological polar surface area (TPSA) is 51.5 Å². The first-order valence-corrected chi connectivity index (χ1v) is 11.1. The van der Waals surface area contributed by atoms with Gasteiger partial charge in [0.2, 0.25) is 5.91 Å². The summed E-state index contributed by atoms with van der Waals surface area (Å²) in [6.07, 6.45) is 3.38. The van der Waals surface area contributed by atoms with Gasteiger partial charge < -0.3 is 14.5 Å². The first kappa shape index (κ1) is 21.9. The summed E-state index contributed by atoms with van der Waals surface area (Å²) < 4.78 is 12.5. The SMILES string of the molecule is COc1c(/C(C)=C/C(=O)Nc2cccc(Br)c2)cc2c(-c3ccc(C)cc3)coc2c1C. The van der Waals surface area contributed by atoms with E-state index in [0.717, 1.165) is 49.0 Å². The molecule has 1 heterocycles. The summed E-state index contributed by atoms with van der Waals surface area (Å²) in [5, 5.41) is 3.89. The number of ether oxygens (including phenoxy) is 1. The van der Waals surface area contributed by atoms with Crippen LogP contribution in [0.25, 0.3) is 27.7 Å². The fourth-order valence-corrected chi connectivity index (χ4v) is 4.25. The van der Waals surface area contributed by atoms with Gasteiger partial charge in [-0.15, -0.1) is 0 Å². The maximum atomic E-state index is 12.7. The molecule has 4 nitrogen and oxygen atoms in total. The van der Waals surface area contributed by atoms with Crippen molar-refractivity contribution in [1.29, 1.82) is 0 Å². The summed E-state index contributed by atoms with van der Waals surface area (Å²) in [7, 11) is 1.64. The van der Waals surface area contributed by atoms with E-state index in [9.17, 15) is 4.79 Å². The van der Waals surface area contributed by atoms with E-state index in [1.54, 1.807) is 19.4 Å². The number of amides is 1. The molecule has 0 bridgehead atoms. The van der Waals surface area contributed by atoms with Crippen LogP contribution in [-0.2, 0) is 4.79 Å². The second-order valence-electron chi connectivity index (χ2n) is 7.80. The number of nitrogens with one attached hydrogen (secondary N) is 1. The van der Waals surface area contributed by atoms with Crippen LogP contribution in [0.15, 0.2) is 75.8 Å². The molecule has 0 atom stereocenters. The Morgan fingerprint density at radius 1 is 1.09 bits per heavy atom. The van der Waals surface area contributed by atoms with Gasteiger partial charge in [-0.3, -0.25) is 4.79 Å². The zero-order valence-corrected chi connectivity index (χ0v) is 20.0. The molecule has 0 spiro atoms. The molecule has 1 aromatic heterocycles. The third kappa shape index (κ3) is 4.34. The molecule has 4 aromatic rings. The molecule has 4 rings (SSSR count). The average Bonchev–Trinajstić information content (AvgIpc) is 3.18. The van der Waals surface area contributed by atoms with Gasteiger partial charge in [-0.1, -0.05) is 51.8 Å². The molecule has 1 amide bonds. The maximum absolute atomic E-state index is 12.7. The number of furan rings is 1. The molecule has 1 N–H and O–H groups in total. The maximum Gasteiger partial charge on any atom is 0.248 e. The Labute approximate surface area is 196 Å². The molecule has 32 heavy (non-hydrogen) atoms. The van der Waals surface area contributed by atoms with E-state index in [4.69, 9.17) is 9.15 Å². The monoisotopic (exact) mass is 489 g/mol. The Morgan fingerprint density at radius 2 is 1.84 bits per heavy atom. The van der Waals surface area contributed by atoms with Crippen molar-refractivity contribution in [2.24, 2.45) is 0 Å². The Morgan fingerprint density at radius 3 is 2.53 bits per heavy atom. The molecule has 0 unspecified atom stereocenters. The van der Waals surface area contributed by atoms with Crippen LogP contribution in [-0.4, -0.2) is 13.0 Å². The highest BCUT2D eigenvalue weighted by atomic mass is 79.9. The van der Waals surface area contributed by atoms with Crippen LogP contribution in [0.4, 0.5) is 5.69 Å². The summed E-state index contributed by atoms with van der Waals surface area (Å²) in [6.45, 7) is 5.95. The summed E-state index contributed by atoms with van der Waals surface area (Å²) in [4.78, 5) is 12.7. The van der Waals surface area contributed by atoms with Crippen molar-refractivity contribution in [3.8, 4) is 16.9 Å². The highest BCUT2D eigenvalue weighted by Gasteiger charge is 2.18. The van der Waals surface area contributed by atoms with E-state index in [1.807, 2.05) is 44.2 Å². The lowest BCUT2D eigenvalue weighted by Crippen LogP contribution is -2.08. The second kappa shape index (κ2) is 9.05. The summed E-state index contributed by atoms with van der Waals surface area (Å²) in [5.74, 6) is 0.498. The van der Waals surface area contributed by atoms with Gasteiger partial charge in [0.05, 0.1) is 13.4 Å². The molecule has 5 heteroatoms. The van der Waals surface area contributed by atoms with Crippen LogP contribution in [0.1, 0.15) is 23.6 Å². The van der Waals surface area contributed by atoms with E-state index in [-0.39, 0.29) is 5.91 Å². The third-order valence-electron chi connectivity index (χ3n) is 5.48. The van der Waals surface area contributed by atoms with Gasteiger partial charge >= 0.3 is 0 Å². The van der Waals surface area contributed by atoms with Crippen molar-refractivity contribution >= 4 is 44.1 Å². The number of fused-ring (bicyclic) bond motifs is 1. The van der Waals surface area contributed by atoms with E-state index >= 15 is 0 Å². The van der Waals surface area contributed by atoms with Gasteiger partial charge in [-0.2, -0.15) is 0 Å². The number of allylic oxidation sites excluding steroid dienone is 1. The molecule has 0 aliphatic carbocycles. The summed E-state index contributed by atoms with van der Waals surface area (Å²) in [5.41, 5.74) is 7.37. The van der Waals surface area contributed by atoms with Crippen LogP contribution in [0, 0.1) is 13.8 Å². The average molecular weight is 490 g/mol. The Hall–Kier alpha value is -3.31. The molecular formula is C27H24BrNO3. The highest BCUT2D eigenvalue weighted by molar-refractivity contribution is 9.10. The van der Waals surface area contributed by atoms with E-state index in [2.05, 4.69) is 52.4 Å². The van der Waals surface area contributed by atoms with Crippen LogP contribution in [0.3, 0.4) is 0 Å². The van der Waals surface area contributed by atoms with Crippen molar-refractivity contribution in [2.75, 3.05) is 12.4 Å². The number of anilines is 1. The Kier molecular flexibility index (Phi) is 6.19. The molecular weight excluding hydrogens is 466 g/mol. The van der Waals surface area contributed by atoms with E-state index in [0.29, 0.717) is 5.75 Å². The number of aryl methyl sites for hydroxylation is 2. The first-order valence-electron chi connectivity index (χ1n) is 10.3. The van der Waals surface area contributed by atoms with Gasteiger partial charge in [0.15, 0.2) is 0 Å². The molecule has 0 fully saturated rings. The number of hydrogen-bond donors (Lipinski definition) is 1. The van der Waals surface area contributed by atoms with Crippen LogP contribution < -0.4 is 10.1 Å². The van der Waals surface area contributed by atoms with Crippen molar-refractivity contribution < 1.29 is 13.9 Å². The zero-order valence-electron chi connectivity index (χ0n) is 18.5. The molecule has 0 saturated carbocycles. The second-order valence-corrected chi connectivity index (χ2v) is 8.72. The number of rotatable bonds is 5. The minimum Gasteiger partial charge on any atom is -0.496 e. The number of methoxy groups -OCH3 is 1. The van der Waals surface area contributed by atoms with Crippen molar-refractivity contribution in [3.05, 3.63) is 88.1 Å². The summed E-state index contributed by atoms with van der Waals surface area (Å²) in [6, 6.07) is 17.9. The van der Waals surface area contributed by atoms with Gasteiger partial charge in [-0.25, -0.2) is 0 Å². The van der Waals surface area contributed by atoms with Gasteiger partial charge in [0.25, 0.3) is 0 Å². The largest absolute Gasteiger partial charge is 0.496 e. The number of benzene rings is 3. The predicted octanol–water partition coefficient (Wildman–Crippen LogP) is 7.53. The van der Waals surface area contributed by atoms with Gasteiger partial charge in [0, 0.05) is 38.3 Å². The molecule has 0 saturated heterocycles. The summed E-state index contributed by atoms with van der Waals surface area (Å²) >= 11 is 3.42. The van der Waals surface area contributed by atoms with Crippen molar-refractivity contribution in [2.45, 2.75) is 20.8 Å². The fourth-order valence-electron chi connectivity index (χ4n) is 3.85. The number of carbonyl (C=O) groups excluding carboxylic acids is 1. The Balaban J connectivity index is 1.76. The third-order valence-corrected chi connectivity index (χ3v) is 5.97. The van der Waals surface area contributed by atoms with E-state index < -0.39 is 0 Å². The molecule has 0 aliphatic heterocycles. The predicted molar refractivity (Wildman–Crippen MR) is 134 cm³/mol. The Bertz CT molecular complexity index is 1330. The lowest BCUT2D eigenvalue weighted by atomic mass is 9.96. The number of carbonyl (C=O) groups is 1. The molecule has 162 valence electrons. The minimum atomic E-state index is -0.202. The minimum absolute atomic E-state index is 0.202. The van der Waals surface area contributed by atoms with Crippen LogP contribution in [0.5, 0.6) is 5.75 Å².